The molecular weight excluding hydrogens is 212 g/mol. The van der Waals surface area contributed by atoms with Crippen molar-refractivity contribution < 1.29 is 0 Å². The quantitative estimate of drug-likeness (QED) is 0.874. The standard InChI is InChI=1S/C13H24N4/c1-4-8-17-13(9-14-16-17)15-12-7-5-6-10(2)11(12)3/h9-12,15H,4-8H2,1-3H3. The Morgan fingerprint density at radius 2 is 2.24 bits per heavy atom. The van der Waals surface area contributed by atoms with Crippen LogP contribution in [-0.4, -0.2) is 21.0 Å². The summed E-state index contributed by atoms with van der Waals surface area (Å²) < 4.78 is 1.98. The summed E-state index contributed by atoms with van der Waals surface area (Å²) in [5, 5.41) is 11.8. The van der Waals surface area contributed by atoms with Gasteiger partial charge in [0.05, 0.1) is 6.20 Å². The maximum absolute atomic E-state index is 4.12. The average molecular weight is 236 g/mol. The molecule has 96 valence electrons. The first-order valence-corrected chi connectivity index (χ1v) is 6.87. The van der Waals surface area contributed by atoms with Gasteiger partial charge in [0.15, 0.2) is 0 Å². The van der Waals surface area contributed by atoms with Crippen LogP contribution in [-0.2, 0) is 6.54 Å². The highest BCUT2D eigenvalue weighted by molar-refractivity contribution is 5.33. The summed E-state index contributed by atoms with van der Waals surface area (Å²) in [7, 11) is 0. The molecule has 0 bridgehead atoms. The van der Waals surface area contributed by atoms with Crippen LogP contribution < -0.4 is 5.32 Å². The highest BCUT2D eigenvalue weighted by Gasteiger charge is 2.27. The van der Waals surface area contributed by atoms with Gasteiger partial charge in [0.1, 0.15) is 5.82 Å². The minimum absolute atomic E-state index is 0.577. The molecule has 4 heteroatoms. The lowest BCUT2D eigenvalue weighted by molar-refractivity contribution is 0.252. The lowest BCUT2D eigenvalue weighted by atomic mass is 9.78. The first-order valence-electron chi connectivity index (χ1n) is 6.87. The zero-order chi connectivity index (χ0) is 12.3. The summed E-state index contributed by atoms with van der Waals surface area (Å²) in [5.41, 5.74) is 0. The van der Waals surface area contributed by atoms with Gasteiger partial charge in [-0.1, -0.05) is 38.8 Å². The Labute approximate surface area is 104 Å². The van der Waals surface area contributed by atoms with Crippen LogP contribution in [0.15, 0.2) is 6.20 Å². The molecule has 0 amide bonds. The molecule has 2 rings (SSSR count). The summed E-state index contributed by atoms with van der Waals surface area (Å²) >= 11 is 0. The van der Waals surface area contributed by atoms with Crippen LogP contribution in [0, 0.1) is 11.8 Å². The molecule has 0 aromatic carbocycles. The second-order valence-electron chi connectivity index (χ2n) is 5.36. The fourth-order valence-electron chi connectivity index (χ4n) is 2.72. The molecular formula is C13H24N4. The fraction of sp³-hybridized carbons (Fsp3) is 0.846. The number of hydrogen-bond acceptors (Lipinski definition) is 3. The molecule has 3 unspecified atom stereocenters. The van der Waals surface area contributed by atoms with Crippen LogP contribution >= 0.6 is 0 Å². The van der Waals surface area contributed by atoms with Crippen LogP contribution in [0.5, 0.6) is 0 Å². The molecule has 1 fully saturated rings. The van der Waals surface area contributed by atoms with E-state index in [9.17, 15) is 0 Å². The molecule has 3 atom stereocenters. The molecule has 1 aromatic rings. The van der Waals surface area contributed by atoms with E-state index in [-0.39, 0.29) is 0 Å². The van der Waals surface area contributed by atoms with Gasteiger partial charge >= 0.3 is 0 Å². The van der Waals surface area contributed by atoms with E-state index >= 15 is 0 Å². The largest absolute Gasteiger partial charge is 0.366 e. The van der Waals surface area contributed by atoms with E-state index in [1.54, 1.807) is 0 Å². The maximum atomic E-state index is 4.12. The second-order valence-corrected chi connectivity index (χ2v) is 5.36. The van der Waals surface area contributed by atoms with E-state index in [2.05, 4.69) is 36.4 Å². The molecule has 17 heavy (non-hydrogen) atoms. The third-order valence-electron chi connectivity index (χ3n) is 4.09. The fourth-order valence-corrected chi connectivity index (χ4v) is 2.72. The lowest BCUT2D eigenvalue weighted by Crippen LogP contribution is -2.35. The van der Waals surface area contributed by atoms with Gasteiger partial charge in [0.25, 0.3) is 0 Å². The summed E-state index contributed by atoms with van der Waals surface area (Å²) in [6.45, 7) is 7.82. The number of aryl methyl sites for hydroxylation is 1. The van der Waals surface area contributed by atoms with Crippen LogP contribution in [0.2, 0.25) is 0 Å². The van der Waals surface area contributed by atoms with Gasteiger partial charge in [-0.2, -0.15) is 0 Å². The number of rotatable bonds is 4. The maximum Gasteiger partial charge on any atom is 0.145 e. The smallest absolute Gasteiger partial charge is 0.145 e. The average Bonchev–Trinajstić information content (AvgIpc) is 2.73. The second kappa shape index (κ2) is 5.52. The molecule has 4 nitrogen and oxygen atoms in total. The van der Waals surface area contributed by atoms with Crippen molar-refractivity contribution in [2.45, 2.75) is 59.0 Å². The van der Waals surface area contributed by atoms with Crippen molar-refractivity contribution in [2.75, 3.05) is 5.32 Å². The van der Waals surface area contributed by atoms with Gasteiger partial charge in [-0.05, 0) is 24.7 Å². The SMILES string of the molecule is CCCn1nncc1NC1CCCC(C)C1C. The predicted octanol–water partition coefficient (Wildman–Crippen LogP) is 2.92. The normalized spacial score (nSPS) is 29.2. The summed E-state index contributed by atoms with van der Waals surface area (Å²) in [6.07, 6.45) is 6.91. The molecule has 1 aliphatic carbocycles. The molecule has 1 aliphatic rings. The van der Waals surface area contributed by atoms with Crippen LogP contribution in [0.1, 0.15) is 46.5 Å². The van der Waals surface area contributed by atoms with Crippen molar-refractivity contribution in [1.29, 1.82) is 0 Å². The number of nitrogens with zero attached hydrogens (tertiary/aromatic N) is 3. The molecule has 0 saturated heterocycles. The Bertz CT molecular complexity index is 347. The molecule has 0 radical (unpaired) electrons. The van der Waals surface area contributed by atoms with E-state index in [0.717, 1.165) is 30.6 Å². The molecule has 1 saturated carbocycles. The highest BCUT2D eigenvalue weighted by atomic mass is 15.5. The molecule has 0 spiro atoms. The molecule has 1 heterocycles. The number of nitrogens with one attached hydrogen (secondary N) is 1. The van der Waals surface area contributed by atoms with E-state index in [4.69, 9.17) is 0 Å². The summed E-state index contributed by atoms with van der Waals surface area (Å²) in [4.78, 5) is 0. The Kier molecular flexibility index (Phi) is 4.02. The Balaban J connectivity index is 2.01. The van der Waals surface area contributed by atoms with Gasteiger partial charge in [-0.15, -0.1) is 5.10 Å². The third-order valence-corrected chi connectivity index (χ3v) is 4.09. The van der Waals surface area contributed by atoms with Crippen molar-refractivity contribution in [3.63, 3.8) is 0 Å². The van der Waals surface area contributed by atoms with Gasteiger partial charge < -0.3 is 5.32 Å². The number of hydrogen-bond donors (Lipinski definition) is 1. The molecule has 1 aromatic heterocycles. The van der Waals surface area contributed by atoms with Crippen LogP contribution in [0.4, 0.5) is 5.82 Å². The predicted molar refractivity (Wildman–Crippen MR) is 69.9 cm³/mol. The molecule has 1 N–H and O–H groups in total. The number of anilines is 1. The first-order chi connectivity index (χ1) is 8.22. The Morgan fingerprint density at radius 3 is 3.00 bits per heavy atom. The number of aromatic nitrogens is 3. The van der Waals surface area contributed by atoms with Gasteiger partial charge in [-0.25, -0.2) is 4.68 Å². The molecule has 0 aliphatic heterocycles. The van der Waals surface area contributed by atoms with Crippen LogP contribution in [0.25, 0.3) is 0 Å². The zero-order valence-corrected chi connectivity index (χ0v) is 11.2. The van der Waals surface area contributed by atoms with Crippen molar-refractivity contribution in [3.05, 3.63) is 6.20 Å². The zero-order valence-electron chi connectivity index (χ0n) is 11.2. The lowest BCUT2D eigenvalue weighted by Gasteiger charge is -2.35. The van der Waals surface area contributed by atoms with Crippen molar-refractivity contribution in [3.8, 4) is 0 Å². The van der Waals surface area contributed by atoms with E-state index in [1.165, 1.54) is 19.3 Å². The Morgan fingerprint density at radius 1 is 1.41 bits per heavy atom. The van der Waals surface area contributed by atoms with Crippen molar-refractivity contribution in [2.24, 2.45) is 11.8 Å². The Hall–Kier alpha value is -1.06. The minimum Gasteiger partial charge on any atom is -0.366 e. The summed E-state index contributed by atoms with van der Waals surface area (Å²) in [6, 6.07) is 0.577. The van der Waals surface area contributed by atoms with Crippen molar-refractivity contribution in [1.82, 2.24) is 15.0 Å². The minimum atomic E-state index is 0.577. The van der Waals surface area contributed by atoms with Gasteiger partial charge in [0, 0.05) is 12.6 Å². The van der Waals surface area contributed by atoms with Crippen molar-refractivity contribution >= 4 is 5.82 Å². The summed E-state index contributed by atoms with van der Waals surface area (Å²) in [5.74, 6) is 2.63. The monoisotopic (exact) mass is 236 g/mol. The van der Waals surface area contributed by atoms with E-state index in [1.807, 2.05) is 10.9 Å². The third kappa shape index (κ3) is 2.79. The van der Waals surface area contributed by atoms with Crippen LogP contribution in [0.3, 0.4) is 0 Å². The van der Waals surface area contributed by atoms with E-state index in [0.29, 0.717) is 6.04 Å². The first kappa shape index (κ1) is 12.4. The van der Waals surface area contributed by atoms with E-state index < -0.39 is 0 Å². The van der Waals surface area contributed by atoms with Gasteiger partial charge in [0.2, 0.25) is 0 Å². The van der Waals surface area contributed by atoms with Gasteiger partial charge in [-0.3, -0.25) is 0 Å². The topological polar surface area (TPSA) is 42.7 Å². The highest BCUT2D eigenvalue weighted by Crippen LogP contribution is 2.31.